The van der Waals surface area contributed by atoms with Gasteiger partial charge in [-0.05, 0) is 59.1 Å². The molecular weight excluding hydrogens is 336 g/mol. The monoisotopic (exact) mass is 350 g/mol. The van der Waals surface area contributed by atoms with Crippen LogP contribution in [0.4, 0.5) is 5.69 Å². The van der Waals surface area contributed by atoms with Crippen LogP contribution >= 0.6 is 15.9 Å². The summed E-state index contributed by atoms with van der Waals surface area (Å²) >= 11 is 3.43. The molecule has 5 nitrogen and oxygen atoms in total. The molecule has 0 aliphatic heterocycles. The summed E-state index contributed by atoms with van der Waals surface area (Å²) < 4.78 is 6.53. The summed E-state index contributed by atoms with van der Waals surface area (Å²) in [6.45, 7) is 3.73. The number of non-ortho nitro benzene ring substituents is 1. The third-order valence-corrected chi connectivity index (χ3v) is 3.70. The second-order valence-electron chi connectivity index (χ2n) is 4.79. The Balaban J connectivity index is 2.34. The van der Waals surface area contributed by atoms with Crippen molar-refractivity contribution in [3.63, 3.8) is 0 Å². The lowest BCUT2D eigenvalue weighted by Gasteiger charge is -2.12. The van der Waals surface area contributed by atoms with Gasteiger partial charge in [0.05, 0.1) is 15.5 Å². The van der Waals surface area contributed by atoms with Gasteiger partial charge in [0.1, 0.15) is 11.5 Å². The third kappa shape index (κ3) is 3.59. The van der Waals surface area contributed by atoms with Crippen molar-refractivity contribution in [2.24, 2.45) is 5.73 Å². The summed E-state index contributed by atoms with van der Waals surface area (Å²) in [4.78, 5) is 10.4. The molecule has 2 rings (SSSR count). The van der Waals surface area contributed by atoms with Gasteiger partial charge in [0.2, 0.25) is 0 Å². The number of rotatable bonds is 4. The van der Waals surface area contributed by atoms with E-state index in [1.165, 1.54) is 12.1 Å². The molecule has 2 N–H and O–H groups in total. The molecule has 0 amide bonds. The quantitative estimate of drug-likeness (QED) is 0.651. The summed E-state index contributed by atoms with van der Waals surface area (Å²) in [5.74, 6) is 1.04. The second kappa shape index (κ2) is 6.24. The van der Waals surface area contributed by atoms with Crippen LogP contribution in [0.2, 0.25) is 0 Å². The Hall–Kier alpha value is -1.92. The number of nitrogens with zero attached hydrogens (tertiary/aromatic N) is 1. The average Bonchev–Trinajstić information content (AvgIpc) is 2.42. The summed E-state index contributed by atoms with van der Waals surface area (Å²) in [5, 5.41) is 10.8. The fourth-order valence-electron chi connectivity index (χ4n) is 1.81. The van der Waals surface area contributed by atoms with Crippen molar-refractivity contribution in [3.05, 3.63) is 62.1 Å². The topological polar surface area (TPSA) is 78.4 Å². The number of nitrogens with two attached hydrogens (primary N) is 1. The molecule has 1 atom stereocenters. The number of halogens is 1. The zero-order valence-electron chi connectivity index (χ0n) is 11.7. The highest BCUT2D eigenvalue weighted by Crippen LogP contribution is 2.34. The SMILES string of the molecule is Cc1ccc([N+](=O)[O-])cc1Oc1ccc([C@@H](C)N)cc1Br. The van der Waals surface area contributed by atoms with Crippen molar-refractivity contribution >= 4 is 21.6 Å². The van der Waals surface area contributed by atoms with Gasteiger partial charge in [-0.25, -0.2) is 0 Å². The summed E-state index contributed by atoms with van der Waals surface area (Å²) in [5.41, 5.74) is 7.62. The highest BCUT2D eigenvalue weighted by atomic mass is 79.9. The number of hydrogen-bond donors (Lipinski definition) is 1. The fraction of sp³-hybridized carbons (Fsp3) is 0.200. The molecule has 110 valence electrons. The fourth-order valence-corrected chi connectivity index (χ4v) is 2.29. The Bertz CT molecular complexity index is 687. The van der Waals surface area contributed by atoms with Crippen molar-refractivity contribution in [1.82, 2.24) is 0 Å². The lowest BCUT2D eigenvalue weighted by molar-refractivity contribution is -0.384. The molecule has 21 heavy (non-hydrogen) atoms. The van der Waals surface area contributed by atoms with Gasteiger partial charge in [-0.3, -0.25) is 10.1 Å². The van der Waals surface area contributed by atoms with Crippen LogP contribution < -0.4 is 10.5 Å². The number of aryl methyl sites for hydroxylation is 1. The largest absolute Gasteiger partial charge is 0.456 e. The van der Waals surface area contributed by atoms with E-state index in [4.69, 9.17) is 10.5 Å². The summed E-state index contributed by atoms with van der Waals surface area (Å²) in [6, 6.07) is 10.0. The van der Waals surface area contributed by atoms with Gasteiger partial charge in [-0.2, -0.15) is 0 Å². The molecule has 0 saturated carbocycles. The molecule has 0 spiro atoms. The number of hydrogen-bond acceptors (Lipinski definition) is 4. The Labute approximate surface area is 131 Å². The molecule has 0 saturated heterocycles. The van der Waals surface area contributed by atoms with E-state index in [2.05, 4.69) is 15.9 Å². The van der Waals surface area contributed by atoms with Crippen molar-refractivity contribution < 1.29 is 9.66 Å². The zero-order chi connectivity index (χ0) is 15.6. The first-order chi connectivity index (χ1) is 9.88. The molecule has 0 heterocycles. The standard InChI is InChI=1S/C15H15BrN2O3/c1-9-3-5-12(18(19)20)8-15(9)21-14-6-4-11(10(2)17)7-13(14)16/h3-8,10H,17H2,1-2H3/t10-/m1/s1. The number of nitro benzene ring substituents is 1. The molecule has 0 unspecified atom stereocenters. The van der Waals surface area contributed by atoms with Gasteiger partial charge >= 0.3 is 0 Å². The molecule has 0 radical (unpaired) electrons. The van der Waals surface area contributed by atoms with E-state index in [1.807, 2.05) is 26.0 Å². The second-order valence-corrected chi connectivity index (χ2v) is 5.64. The zero-order valence-corrected chi connectivity index (χ0v) is 13.3. The van der Waals surface area contributed by atoms with Gasteiger partial charge in [-0.1, -0.05) is 6.07 Å². The van der Waals surface area contributed by atoms with Crippen molar-refractivity contribution in [1.29, 1.82) is 0 Å². The maximum absolute atomic E-state index is 10.8. The highest BCUT2D eigenvalue weighted by molar-refractivity contribution is 9.10. The summed E-state index contributed by atoms with van der Waals surface area (Å²) in [6.07, 6.45) is 0. The molecule has 0 aromatic heterocycles. The van der Waals surface area contributed by atoms with E-state index < -0.39 is 4.92 Å². The van der Waals surface area contributed by atoms with Crippen LogP contribution in [0.25, 0.3) is 0 Å². The Morgan fingerprint density at radius 2 is 1.95 bits per heavy atom. The smallest absolute Gasteiger partial charge is 0.273 e. The minimum atomic E-state index is -0.444. The van der Waals surface area contributed by atoms with Gasteiger partial charge in [-0.15, -0.1) is 0 Å². The van der Waals surface area contributed by atoms with Gasteiger partial charge in [0.15, 0.2) is 0 Å². The van der Waals surface area contributed by atoms with Crippen molar-refractivity contribution in [3.8, 4) is 11.5 Å². The Morgan fingerprint density at radius 3 is 2.52 bits per heavy atom. The first-order valence-electron chi connectivity index (χ1n) is 6.36. The minimum Gasteiger partial charge on any atom is -0.456 e. The van der Waals surface area contributed by atoms with Crippen LogP contribution in [0.5, 0.6) is 11.5 Å². The number of nitro groups is 1. The lowest BCUT2D eigenvalue weighted by atomic mass is 10.1. The van der Waals surface area contributed by atoms with Gasteiger partial charge < -0.3 is 10.5 Å². The molecule has 0 aliphatic carbocycles. The molecule has 2 aromatic rings. The van der Waals surface area contributed by atoms with Crippen LogP contribution in [0.3, 0.4) is 0 Å². The van der Waals surface area contributed by atoms with Crippen LogP contribution in [0, 0.1) is 17.0 Å². The van der Waals surface area contributed by atoms with Crippen LogP contribution in [-0.2, 0) is 0 Å². The Morgan fingerprint density at radius 1 is 1.24 bits per heavy atom. The highest BCUT2D eigenvalue weighted by Gasteiger charge is 2.12. The predicted molar refractivity (Wildman–Crippen MR) is 84.7 cm³/mol. The molecule has 0 aliphatic rings. The third-order valence-electron chi connectivity index (χ3n) is 3.08. The first kappa shape index (κ1) is 15.5. The van der Waals surface area contributed by atoms with E-state index in [0.717, 1.165) is 15.6 Å². The first-order valence-corrected chi connectivity index (χ1v) is 7.15. The average molecular weight is 351 g/mol. The van der Waals surface area contributed by atoms with Crippen LogP contribution in [0.1, 0.15) is 24.1 Å². The van der Waals surface area contributed by atoms with Crippen LogP contribution in [0.15, 0.2) is 40.9 Å². The molecular formula is C15H15BrN2O3. The van der Waals surface area contributed by atoms with E-state index in [9.17, 15) is 10.1 Å². The lowest BCUT2D eigenvalue weighted by Crippen LogP contribution is -2.04. The van der Waals surface area contributed by atoms with E-state index in [-0.39, 0.29) is 11.7 Å². The predicted octanol–water partition coefficient (Wildman–Crippen LogP) is 4.48. The van der Waals surface area contributed by atoms with Gasteiger partial charge in [0, 0.05) is 12.1 Å². The Kier molecular flexibility index (Phi) is 4.59. The maximum atomic E-state index is 10.8. The molecule has 0 fully saturated rings. The van der Waals surface area contributed by atoms with Crippen LogP contribution in [-0.4, -0.2) is 4.92 Å². The summed E-state index contributed by atoms with van der Waals surface area (Å²) in [7, 11) is 0. The number of benzene rings is 2. The molecule has 2 aromatic carbocycles. The van der Waals surface area contributed by atoms with E-state index in [1.54, 1.807) is 12.1 Å². The van der Waals surface area contributed by atoms with Crippen molar-refractivity contribution in [2.45, 2.75) is 19.9 Å². The van der Waals surface area contributed by atoms with E-state index in [0.29, 0.717) is 11.5 Å². The minimum absolute atomic E-state index is 0.000997. The van der Waals surface area contributed by atoms with Gasteiger partial charge in [0.25, 0.3) is 5.69 Å². The van der Waals surface area contributed by atoms with E-state index >= 15 is 0 Å². The maximum Gasteiger partial charge on any atom is 0.273 e. The molecule has 6 heteroatoms. The van der Waals surface area contributed by atoms with Crippen molar-refractivity contribution in [2.75, 3.05) is 0 Å². The normalized spacial score (nSPS) is 12.0. The molecule has 0 bridgehead atoms. The number of ether oxygens (including phenoxy) is 1.